The van der Waals surface area contributed by atoms with E-state index >= 15 is 0 Å². The van der Waals surface area contributed by atoms with Crippen molar-refractivity contribution in [3.63, 3.8) is 0 Å². The van der Waals surface area contributed by atoms with Crippen molar-refractivity contribution in [1.29, 1.82) is 0 Å². The number of ether oxygens (including phenoxy) is 2. The van der Waals surface area contributed by atoms with Crippen LogP contribution in [0.1, 0.15) is 37.0 Å². The standard InChI is InChI=1S/C32H41N3O6S/c1-7-24(3)33-32(37)29(20-25-12-9-8-10-13-25)34(21-26-14-11-15-27(19-26)40-4)31(36)22-35(42(6,38)39)28-18-23(2)16-17-30(28)41-5/h8-19,24,29H,7,20-22H2,1-6H3,(H,33,37). The molecule has 0 fully saturated rings. The van der Waals surface area contributed by atoms with Crippen molar-refractivity contribution < 1.29 is 27.5 Å². The van der Waals surface area contributed by atoms with Gasteiger partial charge in [0, 0.05) is 19.0 Å². The van der Waals surface area contributed by atoms with E-state index in [0.717, 1.165) is 27.3 Å². The molecule has 42 heavy (non-hydrogen) atoms. The Morgan fingerprint density at radius 1 is 0.929 bits per heavy atom. The van der Waals surface area contributed by atoms with Crippen LogP contribution in [-0.4, -0.2) is 64.2 Å². The molecule has 10 heteroatoms. The monoisotopic (exact) mass is 595 g/mol. The first kappa shape index (κ1) is 32.5. The van der Waals surface area contributed by atoms with Gasteiger partial charge in [0.05, 0.1) is 26.2 Å². The van der Waals surface area contributed by atoms with Crippen LogP contribution < -0.4 is 19.1 Å². The van der Waals surface area contributed by atoms with E-state index in [0.29, 0.717) is 17.9 Å². The Balaban J connectivity index is 2.12. The number of anilines is 1. The molecule has 0 aromatic heterocycles. The molecule has 2 atom stereocenters. The van der Waals surface area contributed by atoms with Gasteiger partial charge in [0.25, 0.3) is 0 Å². The number of hydrogen-bond donors (Lipinski definition) is 1. The number of methoxy groups -OCH3 is 2. The summed E-state index contributed by atoms with van der Waals surface area (Å²) < 4.78 is 38.1. The molecule has 2 unspecified atom stereocenters. The molecule has 3 rings (SSSR count). The predicted molar refractivity (Wildman–Crippen MR) is 165 cm³/mol. The normalized spacial score (nSPS) is 12.6. The molecular weight excluding hydrogens is 554 g/mol. The number of amides is 2. The maximum Gasteiger partial charge on any atom is 0.244 e. The minimum Gasteiger partial charge on any atom is -0.497 e. The topological polar surface area (TPSA) is 105 Å². The van der Waals surface area contributed by atoms with Gasteiger partial charge < -0.3 is 19.7 Å². The molecule has 2 amide bonds. The maximum absolute atomic E-state index is 14.3. The number of nitrogens with one attached hydrogen (secondary N) is 1. The van der Waals surface area contributed by atoms with Gasteiger partial charge in [0.1, 0.15) is 24.1 Å². The van der Waals surface area contributed by atoms with E-state index in [1.54, 1.807) is 37.4 Å². The van der Waals surface area contributed by atoms with Crippen molar-refractivity contribution in [2.75, 3.05) is 31.3 Å². The lowest BCUT2D eigenvalue weighted by atomic mass is 10.0. The number of nitrogens with zero attached hydrogens (tertiary/aromatic N) is 2. The molecule has 0 bridgehead atoms. The van der Waals surface area contributed by atoms with Crippen molar-refractivity contribution >= 4 is 27.5 Å². The Morgan fingerprint density at radius 2 is 1.62 bits per heavy atom. The number of sulfonamides is 1. The van der Waals surface area contributed by atoms with Gasteiger partial charge in [-0.05, 0) is 61.2 Å². The molecule has 3 aromatic carbocycles. The molecule has 9 nitrogen and oxygen atoms in total. The molecule has 0 aliphatic heterocycles. The number of rotatable bonds is 14. The lowest BCUT2D eigenvalue weighted by Gasteiger charge is -2.34. The summed E-state index contributed by atoms with van der Waals surface area (Å²) >= 11 is 0. The van der Waals surface area contributed by atoms with Crippen LogP contribution in [0.2, 0.25) is 0 Å². The predicted octanol–water partition coefficient (Wildman–Crippen LogP) is 4.33. The van der Waals surface area contributed by atoms with Crippen LogP contribution in [0.4, 0.5) is 5.69 Å². The molecule has 0 aliphatic rings. The number of benzene rings is 3. The summed E-state index contributed by atoms with van der Waals surface area (Å²) in [5.74, 6) is 0.0647. The van der Waals surface area contributed by atoms with E-state index in [-0.39, 0.29) is 30.6 Å². The third kappa shape index (κ3) is 8.72. The Morgan fingerprint density at radius 3 is 2.24 bits per heavy atom. The van der Waals surface area contributed by atoms with Crippen molar-refractivity contribution in [3.8, 4) is 11.5 Å². The van der Waals surface area contributed by atoms with Gasteiger partial charge in [-0.3, -0.25) is 13.9 Å². The minimum atomic E-state index is -3.92. The highest BCUT2D eigenvalue weighted by molar-refractivity contribution is 7.92. The second kappa shape index (κ2) is 14.7. The second-order valence-electron chi connectivity index (χ2n) is 10.3. The Bertz CT molecular complexity index is 1460. The summed E-state index contributed by atoms with van der Waals surface area (Å²) in [7, 11) is -0.922. The highest BCUT2D eigenvalue weighted by Crippen LogP contribution is 2.31. The molecule has 0 saturated carbocycles. The summed E-state index contributed by atoms with van der Waals surface area (Å²) in [6, 6.07) is 20.8. The summed E-state index contributed by atoms with van der Waals surface area (Å²) in [5.41, 5.74) is 2.65. The first-order valence-corrected chi connectivity index (χ1v) is 15.7. The molecule has 0 radical (unpaired) electrons. The number of hydrogen-bond acceptors (Lipinski definition) is 6. The molecule has 0 saturated heterocycles. The smallest absolute Gasteiger partial charge is 0.244 e. The van der Waals surface area contributed by atoms with E-state index < -0.39 is 28.5 Å². The molecule has 0 spiro atoms. The third-order valence-electron chi connectivity index (χ3n) is 7.04. The van der Waals surface area contributed by atoms with Crippen molar-refractivity contribution in [3.05, 3.63) is 89.5 Å². The van der Waals surface area contributed by atoms with Crippen LogP contribution in [0, 0.1) is 6.92 Å². The lowest BCUT2D eigenvalue weighted by Crippen LogP contribution is -2.54. The van der Waals surface area contributed by atoms with Crippen LogP contribution in [0.3, 0.4) is 0 Å². The largest absolute Gasteiger partial charge is 0.497 e. The minimum absolute atomic E-state index is 0.0595. The maximum atomic E-state index is 14.3. The molecule has 1 N–H and O–H groups in total. The summed E-state index contributed by atoms with van der Waals surface area (Å²) in [4.78, 5) is 29.5. The fourth-order valence-electron chi connectivity index (χ4n) is 4.55. The third-order valence-corrected chi connectivity index (χ3v) is 8.17. The number of carbonyl (C=O) groups excluding carboxylic acids is 2. The van der Waals surface area contributed by atoms with Crippen LogP contribution in [-0.2, 0) is 32.6 Å². The highest BCUT2D eigenvalue weighted by atomic mass is 32.2. The van der Waals surface area contributed by atoms with Gasteiger partial charge in [-0.1, -0.05) is 55.5 Å². The zero-order valence-corrected chi connectivity index (χ0v) is 26.0. The Labute approximate surface area is 249 Å². The first-order valence-electron chi connectivity index (χ1n) is 13.9. The van der Waals surface area contributed by atoms with Gasteiger partial charge in [0.2, 0.25) is 21.8 Å². The summed E-state index contributed by atoms with van der Waals surface area (Å²) in [5, 5.41) is 3.03. The van der Waals surface area contributed by atoms with E-state index in [9.17, 15) is 18.0 Å². The molecule has 0 heterocycles. The van der Waals surface area contributed by atoms with Crippen molar-refractivity contribution in [1.82, 2.24) is 10.2 Å². The Kier molecular flexibility index (Phi) is 11.4. The zero-order valence-electron chi connectivity index (χ0n) is 25.2. The van der Waals surface area contributed by atoms with Gasteiger partial charge in [-0.2, -0.15) is 0 Å². The average molecular weight is 596 g/mol. The van der Waals surface area contributed by atoms with Crippen molar-refractivity contribution in [2.45, 2.75) is 52.2 Å². The van der Waals surface area contributed by atoms with Crippen LogP contribution in [0.15, 0.2) is 72.8 Å². The van der Waals surface area contributed by atoms with Gasteiger partial charge in [-0.25, -0.2) is 8.42 Å². The molecule has 0 aliphatic carbocycles. The molecular formula is C32H41N3O6S. The lowest BCUT2D eigenvalue weighted by molar-refractivity contribution is -0.140. The van der Waals surface area contributed by atoms with Crippen LogP contribution in [0.5, 0.6) is 11.5 Å². The average Bonchev–Trinajstić information content (AvgIpc) is 2.97. The van der Waals surface area contributed by atoms with Crippen LogP contribution in [0.25, 0.3) is 0 Å². The van der Waals surface area contributed by atoms with Gasteiger partial charge in [0.15, 0.2) is 0 Å². The quantitative estimate of drug-likeness (QED) is 0.298. The van der Waals surface area contributed by atoms with E-state index in [2.05, 4.69) is 5.32 Å². The summed E-state index contributed by atoms with van der Waals surface area (Å²) in [6.07, 6.45) is 2.00. The van der Waals surface area contributed by atoms with Crippen molar-refractivity contribution in [2.24, 2.45) is 0 Å². The van der Waals surface area contributed by atoms with E-state index in [1.165, 1.54) is 12.0 Å². The molecule has 226 valence electrons. The SMILES string of the molecule is CCC(C)NC(=O)C(Cc1ccccc1)N(Cc1cccc(OC)c1)C(=O)CN(c1cc(C)ccc1OC)S(C)(=O)=O. The number of aryl methyl sites for hydroxylation is 1. The summed E-state index contributed by atoms with van der Waals surface area (Å²) in [6.45, 7) is 5.24. The highest BCUT2D eigenvalue weighted by Gasteiger charge is 2.34. The fourth-order valence-corrected chi connectivity index (χ4v) is 5.40. The zero-order chi connectivity index (χ0) is 30.9. The Hall–Kier alpha value is -4.05. The second-order valence-corrected chi connectivity index (χ2v) is 12.2. The first-order chi connectivity index (χ1) is 20.0. The van der Waals surface area contributed by atoms with Gasteiger partial charge >= 0.3 is 0 Å². The van der Waals surface area contributed by atoms with Gasteiger partial charge in [-0.15, -0.1) is 0 Å². The van der Waals surface area contributed by atoms with Crippen LogP contribution >= 0.6 is 0 Å². The number of carbonyl (C=O) groups is 2. The van der Waals surface area contributed by atoms with E-state index in [4.69, 9.17) is 9.47 Å². The molecule has 3 aromatic rings. The van der Waals surface area contributed by atoms with E-state index in [1.807, 2.05) is 63.2 Å². The fraction of sp³-hybridized carbons (Fsp3) is 0.375.